The molecule has 0 heterocycles. The Kier molecular flexibility index (Phi) is 9.76. The van der Waals surface area contributed by atoms with E-state index in [0.717, 1.165) is 6.42 Å². The van der Waals surface area contributed by atoms with Crippen molar-refractivity contribution in [3.8, 4) is 0 Å². The van der Waals surface area contributed by atoms with Gasteiger partial charge in [-0.05, 0) is 0 Å². The summed E-state index contributed by atoms with van der Waals surface area (Å²) in [5.41, 5.74) is 7.29. The van der Waals surface area contributed by atoms with Gasteiger partial charge in [0.25, 0.3) is 0 Å². The van der Waals surface area contributed by atoms with Crippen molar-refractivity contribution in [2.75, 3.05) is 0 Å². The van der Waals surface area contributed by atoms with E-state index in [1.54, 1.807) is 11.1 Å². The van der Waals surface area contributed by atoms with Gasteiger partial charge in [-0.3, -0.25) is 6.08 Å². The maximum absolute atomic E-state index is 3.14. The van der Waals surface area contributed by atoms with E-state index in [1.807, 2.05) is 0 Å². The van der Waals surface area contributed by atoms with Crippen molar-refractivity contribution >= 4 is 3.21 Å². The van der Waals surface area contributed by atoms with E-state index in [2.05, 4.69) is 111 Å². The van der Waals surface area contributed by atoms with Crippen molar-refractivity contribution in [1.82, 2.24) is 0 Å². The summed E-state index contributed by atoms with van der Waals surface area (Å²) in [6.45, 7) is 4.41. The number of fused-ring (bicyclic) bond motifs is 1. The summed E-state index contributed by atoms with van der Waals surface area (Å²) >= 11 is 1.46. The van der Waals surface area contributed by atoms with Gasteiger partial charge in [-0.1, -0.05) is 45.4 Å². The Bertz CT molecular complexity index is 925. The monoisotopic (exact) mass is 482 g/mol. The van der Waals surface area contributed by atoms with Crippen LogP contribution in [0.5, 0.6) is 0 Å². The maximum atomic E-state index is 3.14. The molecule has 2 aliphatic carbocycles. The van der Waals surface area contributed by atoms with Crippen LogP contribution in [0.4, 0.5) is 0 Å². The first-order valence-electron chi connectivity index (χ1n) is 11.3. The Morgan fingerprint density at radius 1 is 0.871 bits per heavy atom. The molecule has 0 N–H and O–H groups in total. The molecule has 31 heavy (non-hydrogen) atoms. The largest absolute Gasteiger partial charge is 0.210 e. The molecule has 0 saturated carbocycles. The van der Waals surface area contributed by atoms with Gasteiger partial charge < -0.3 is 0 Å². The molecule has 0 unspecified atom stereocenters. The molecular weight excluding hydrogens is 452 g/mol. The van der Waals surface area contributed by atoms with Crippen molar-refractivity contribution in [2.24, 2.45) is 5.92 Å². The van der Waals surface area contributed by atoms with Crippen LogP contribution in [-0.2, 0) is 37.1 Å². The number of hydrogen-bond acceptors (Lipinski definition) is 0. The third kappa shape index (κ3) is 7.58. The van der Waals surface area contributed by atoms with Crippen molar-refractivity contribution < 1.29 is 24.2 Å². The van der Waals surface area contributed by atoms with E-state index in [-0.39, 0.29) is 0 Å². The molecule has 0 fully saturated rings. The average Bonchev–Trinajstić information content (AvgIpc) is 3.53. The number of rotatable bonds is 3. The third-order valence-electron chi connectivity index (χ3n) is 5.67. The number of aryl methyl sites for hydroxylation is 2. The molecule has 0 aliphatic heterocycles. The SMILES string of the molecule is CC(C)C1=CC[C-]=C1.[Zr+2]=[C](c1ccccc1)c1ccccc1.c1cc2c([cH-]1)CCCC2. The first-order chi connectivity index (χ1) is 15.1. The normalized spacial score (nSPS) is 14.0. The first kappa shape index (κ1) is 23.7. The predicted octanol–water partition coefficient (Wildman–Crippen LogP) is 7.42. The van der Waals surface area contributed by atoms with Gasteiger partial charge >= 0.3 is 99.2 Å². The molecular formula is C30H32Zr. The van der Waals surface area contributed by atoms with Gasteiger partial charge in [-0.25, -0.2) is 12.1 Å². The molecule has 0 aromatic heterocycles. The number of hydrogen-bond donors (Lipinski definition) is 0. The fraction of sp³-hybridized carbons (Fsp3) is 0.267. The van der Waals surface area contributed by atoms with E-state index in [1.165, 1.54) is 69.8 Å². The summed E-state index contributed by atoms with van der Waals surface area (Å²) in [6, 6.07) is 27.8. The minimum atomic E-state index is 0.685. The van der Waals surface area contributed by atoms with Crippen molar-refractivity contribution in [3.05, 3.63) is 125 Å². The smallest absolute Gasteiger partial charge is 0.0512 e. The molecule has 156 valence electrons. The minimum Gasteiger partial charge on any atom is -0.210 e. The standard InChI is InChI=1S/C13H10.C9H11.C8H11.Zr/c1-3-7-12(8-4-1)11-13-9-5-2-6-10-13;1-2-5-9-7-3-6-8(9)4-1;1-7(2)8-5-3-4-6-8;/h1-10H;3,6-7H,1-2,4-5H2;5-7H,3H2,1-2H3;/q;2*-1;+2. The van der Waals surface area contributed by atoms with E-state index in [9.17, 15) is 0 Å². The summed E-state index contributed by atoms with van der Waals surface area (Å²) < 4.78 is 1.42. The van der Waals surface area contributed by atoms with E-state index < -0.39 is 0 Å². The fourth-order valence-corrected chi connectivity index (χ4v) is 4.62. The fourth-order valence-electron chi connectivity index (χ4n) is 3.80. The van der Waals surface area contributed by atoms with Gasteiger partial charge in [0, 0.05) is 0 Å². The van der Waals surface area contributed by atoms with Crippen molar-refractivity contribution in [3.63, 3.8) is 0 Å². The Balaban J connectivity index is 0.000000139. The van der Waals surface area contributed by atoms with Gasteiger partial charge in [-0.2, -0.15) is 34.9 Å². The molecule has 0 radical (unpaired) electrons. The van der Waals surface area contributed by atoms with Crippen LogP contribution in [0.1, 0.15) is 55.4 Å². The maximum Gasteiger partial charge on any atom is -0.0512 e. The van der Waals surface area contributed by atoms with Gasteiger partial charge in [0.05, 0.1) is 0 Å². The second-order valence-electron chi connectivity index (χ2n) is 8.30. The molecule has 0 atom stereocenters. The van der Waals surface area contributed by atoms with Gasteiger partial charge in [0.1, 0.15) is 0 Å². The average molecular weight is 484 g/mol. The van der Waals surface area contributed by atoms with Crippen molar-refractivity contribution in [1.29, 1.82) is 0 Å². The van der Waals surface area contributed by atoms with Crippen LogP contribution in [0.3, 0.4) is 0 Å². The molecule has 2 aliphatic rings. The molecule has 5 rings (SSSR count). The molecule has 3 aromatic carbocycles. The summed E-state index contributed by atoms with van der Waals surface area (Å²) in [5.74, 6) is 0.685. The van der Waals surface area contributed by atoms with Crippen LogP contribution >= 0.6 is 0 Å². The van der Waals surface area contributed by atoms with E-state index in [4.69, 9.17) is 0 Å². The van der Waals surface area contributed by atoms with Gasteiger partial charge in [0.15, 0.2) is 0 Å². The zero-order valence-corrected chi connectivity index (χ0v) is 21.2. The predicted molar refractivity (Wildman–Crippen MR) is 130 cm³/mol. The zero-order valence-electron chi connectivity index (χ0n) is 18.8. The van der Waals surface area contributed by atoms with Crippen LogP contribution in [0.2, 0.25) is 0 Å². The Hall–Kier alpha value is -1.98. The van der Waals surface area contributed by atoms with Crippen molar-refractivity contribution in [2.45, 2.75) is 46.0 Å². The molecule has 1 heteroatoms. The van der Waals surface area contributed by atoms with Crippen LogP contribution < -0.4 is 0 Å². The van der Waals surface area contributed by atoms with Crippen LogP contribution in [0.15, 0.2) is 96.6 Å². The second kappa shape index (κ2) is 12.8. The topological polar surface area (TPSA) is 0 Å². The Labute approximate surface area is 203 Å². The van der Waals surface area contributed by atoms with Gasteiger partial charge in [-0.15, -0.1) is 6.42 Å². The van der Waals surface area contributed by atoms with Crippen LogP contribution in [-0.4, -0.2) is 3.21 Å². The summed E-state index contributed by atoms with van der Waals surface area (Å²) in [5, 5.41) is 0. The van der Waals surface area contributed by atoms with E-state index in [0.29, 0.717) is 5.92 Å². The zero-order chi connectivity index (χ0) is 21.9. The molecule has 0 bridgehead atoms. The summed E-state index contributed by atoms with van der Waals surface area (Å²) in [7, 11) is 0. The molecule has 0 amide bonds. The summed E-state index contributed by atoms with van der Waals surface area (Å²) in [6.07, 6.45) is 13.9. The van der Waals surface area contributed by atoms with Crippen LogP contribution in [0.25, 0.3) is 0 Å². The molecule has 0 spiro atoms. The van der Waals surface area contributed by atoms with Crippen LogP contribution in [0, 0.1) is 12.0 Å². The van der Waals surface area contributed by atoms with E-state index >= 15 is 0 Å². The minimum absolute atomic E-state index is 0.685. The quantitative estimate of drug-likeness (QED) is 0.340. The Morgan fingerprint density at radius 2 is 1.48 bits per heavy atom. The third-order valence-corrected chi connectivity index (χ3v) is 7.08. The second-order valence-corrected chi connectivity index (χ2v) is 9.53. The summed E-state index contributed by atoms with van der Waals surface area (Å²) in [4.78, 5) is 0. The number of benzene rings is 2. The molecule has 3 aromatic rings. The van der Waals surface area contributed by atoms with Gasteiger partial charge in [0.2, 0.25) is 0 Å². The Morgan fingerprint density at radius 3 is 1.97 bits per heavy atom. The first-order valence-corrected chi connectivity index (χ1v) is 12.6. The number of allylic oxidation sites excluding steroid dienone is 4. The molecule has 0 saturated heterocycles. The molecule has 0 nitrogen and oxygen atoms in total.